The Bertz CT molecular complexity index is 752. The first-order valence-corrected chi connectivity index (χ1v) is 7.14. The normalized spacial score (nSPS) is 10.1. The van der Waals surface area contributed by atoms with Crippen molar-refractivity contribution in [3.63, 3.8) is 0 Å². The molecule has 0 unspecified atom stereocenters. The van der Waals surface area contributed by atoms with Gasteiger partial charge in [-0.15, -0.1) is 11.3 Å². The van der Waals surface area contributed by atoms with Gasteiger partial charge in [0.2, 0.25) is 5.91 Å². The molecule has 2 rings (SSSR count). The molecule has 0 fully saturated rings. The third-order valence-electron chi connectivity index (χ3n) is 2.98. The molecule has 6 nitrogen and oxygen atoms in total. The smallest absolute Gasteiger partial charge is 0.348 e. The lowest BCUT2D eigenvalue weighted by atomic mass is 10.1. The topological polar surface area (TPSA) is 98.5 Å². The van der Waals surface area contributed by atoms with Crippen LogP contribution in [0.4, 0.5) is 5.69 Å². The van der Waals surface area contributed by atoms with Gasteiger partial charge >= 0.3 is 5.97 Å². The summed E-state index contributed by atoms with van der Waals surface area (Å²) in [5.41, 5.74) is 6.86. The number of nitrogens with two attached hydrogens (primary N) is 1. The van der Waals surface area contributed by atoms with Gasteiger partial charge in [-0.05, 0) is 42.8 Å². The van der Waals surface area contributed by atoms with Crippen LogP contribution in [-0.2, 0) is 4.74 Å². The summed E-state index contributed by atoms with van der Waals surface area (Å²) in [5, 5.41) is 2.73. The number of anilines is 1. The van der Waals surface area contributed by atoms with Crippen LogP contribution in [0.5, 0.6) is 0 Å². The van der Waals surface area contributed by atoms with Crippen molar-refractivity contribution in [3.8, 4) is 0 Å². The average molecular weight is 318 g/mol. The number of esters is 1. The van der Waals surface area contributed by atoms with E-state index in [4.69, 9.17) is 5.73 Å². The molecule has 1 aromatic carbocycles. The van der Waals surface area contributed by atoms with Crippen LogP contribution in [0, 0.1) is 6.92 Å². The maximum Gasteiger partial charge on any atom is 0.348 e. The number of hydrogen-bond acceptors (Lipinski definition) is 5. The summed E-state index contributed by atoms with van der Waals surface area (Å²) in [5.74, 6) is -1.34. The molecule has 0 aliphatic rings. The number of aryl methyl sites for hydroxylation is 1. The lowest BCUT2D eigenvalue weighted by molar-refractivity contribution is 0.0606. The Morgan fingerprint density at radius 2 is 1.82 bits per heavy atom. The van der Waals surface area contributed by atoms with Gasteiger partial charge in [-0.3, -0.25) is 9.59 Å². The van der Waals surface area contributed by atoms with Crippen molar-refractivity contribution in [2.24, 2.45) is 5.73 Å². The zero-order valence-corrected chi connectivity index (χ0v) is 12.8. The number of nitrogens with one attached hydrogen (secondary N) is 1. The summed E-state index contributed by atoms with van der Waals surface area (Å²) < 4.78 is 4.60. The second kappa shape index (κ2) is 6.40. The lowest BCUT2D eigenvalue weighted by Crippen LogP contribution is -2.14. The molecule has 7 heteroatoms. The summed E-state index contributed by atoms with van der Waals surface area (Å²) in [6.45, 7) is 1.76. The number of hydrogen-bond donors (Lipinski definition) is 2. The predicted molar refractivity (Wildman–Crippen MR) is 83.3 cm³/mol. The number of benzene rings is 1. The minimum Gasteiger partial charge on any atom is -0.465 e. The Morgan fingerprint density at radius 3 is 2.41 bits per heavy atom. The van der Waals surface area contributed by atoms with Crippen LogP contribution >= 0.6 is 11.3 Å². The van der Waals surface area contributed by atoms with Gasteiger partial charge in [-0.25, -0.2) is 4.79 Å². The Morgan fingerprint density at radius 1 is 1.14 bits per heavy atom. The van der Waals surface area contributed by atoms with E-state index in [1.165, 1.54) is 13.2 Å². The first-order chi connectivity index (χ1) is 10.4. The van der Waals surface area contributed by atoms with Gasteiger partial charge in [0.15, 0.2) is 0 Å². The van der Waals surface area contributed by atoms with E-state index < -0.39 is 11.9 Å². The van der Waals surface area contributed by atoms with E-state index in [-0.39, 0.29) is 5.91 Å². The standard InChI is InChI=1S/C15H14N2O4S/c1-8-7-9(13(16)18)3-4-10(8)17-14(19)11-5-6-12(22-11)15(20)21-2/h3-7H,1-2H3,(H2,16,18)(H,17,19). The van der Waals surface area contributed by atoms with Crippen molar-refractivity contribution in [2.45, 2.75) is 6.92 Å². The second-order valence-corrected chi connectivity index (χ2v) is 5.59. The number of rotatable bonds is 4. The summed E-state index contributed by atoms with van der Waals surface area (Å²) in [7, 11) is 1.28. The van der Waals surface area contributed by atoms with E-state index in [1.807, 2.05) is 0 Å². The summed E-state index contributed by atoms with van der Waals surface area (Å²) in [4.78, 5) is 35.4. The molecule has 0 spiro atoms. The number of ether oxygens (including phenoxy) is 1. The quantitative estimate of drug-likeness (QED) is 0.844. The molecule has 0 aliphatic heterocycles. The predicted octanol–water partition coefficient (Wildman–Crippen LogP) is 2.19. The molecular formula is C15H14N2O4S. The van der Waals surface area contributed by atoms with Gasteiger partial charge in [-0.2, -0.15) is 0 Å². The molecule has 0 bridgehead atoms. The van der Waals surface area contributed by atoms with E-state index >= 15 is 0 Å². The third kappa shape index (κ3) is 3.32. The van der Waals surface area contributed by atoms with Crippen molar-refractivity contribution in [3.05, 3.63) is 51.2 Å². The first-order valence-electron chi connectivity index (χ1n) is 6.32. The Kier molecular flexibility index (Phi) is 4.57. The monoisotopic (exact) mass is 318 g/mol. The SMILES string of the molecule is COC(=O)c1ccc(C(=O)Nc2ccc(C(N)=O)cc2C)s1. The van der Waals surface area contributed by atoms with Crippen molar-refractivity contribution < 1.29 is 19.1 Å². The largest absolute Gasteiger partial charge is 0.465 e. The molecular weight excluding hydrogens is 304 g/mol. The maximum atomic E-state index is 12.2. The van der Waals surface area contributed by atoms with Crippen molar-refractivity contribution >= 4 is 34.8 Å². The van der Waals surface area contributed by atoms with Gasteiger partial charge < -0.3 is 15.8 Å². The molecule has 2 amide bonds. The summed E-state index contributed by atoms with van der Waals surface area (Å²) in [6, 6.07) is 7.85. The van der Waals surface area contributed by atoms with Gasteiger partial charge in [0, 0.05) is 11.3 Å². The second-order valence-electron chi connectivity index (χ2n) is 4.50. The molecule has 22 heavy (non-hydrogen) atoms. The van der Waals surface area contributed by atoms with E-state index in [2.05, 4.69) is 10.1 Å². The van der Waals surface area contributed by atoms with E-state index in [0.29, 0.717) is 21.0 Å². The summed E-state index contributed by atoms with van der Waals surface area (Å²) >= 11 is 1.05. The van der Waals surface area contributed by atoms with Crippen molar-refractivity contribution in [1.29, 1.82) is 0 Å². The fourth-order valence-corrected chi connectivity index (χ4v) is 2.63. The molecule has 2 aromatic rings. The zero-order valence-electron chi connectivity index (χ0n) is 12.0. The van der Waals surface area contributed by atoms with E-state index in [0.717, 1.165) is 16.9 Å². The van der Waals surface area contributed by atoms with Crippen molar-refractivity contribution in [1.82, 2.24) is 0 Å². The molecule has 3 N–H and O–H groups in total. The van der Waals surface area contributed by atoms with Gasteiger partial charge in [0.1, 0.15) is 4.88 Å². The van der Waals surface area contributed by atoms with Crippen LogP contribution in [0.2, 0.25) is 0 Å². The van der Waals surface area contributed by atoms with Crippen LogP contribution in [0.1, 0.15) is 35.3 Å². The molecule has 1 heterocycles. The highest BCUT2D eigenvalue weighted by Gasteiger charge is 2.15. The van der Waals surface area contributed by atoms with Gasteiger partial charge in [0.05, 0.1) is 12.0 Å². The highest BCUT2D eigenvalue weighted by atomic mass is 32.1. The molecule has 1 aromatic heterocycles. The molecule has 0 saturated heterocycles. The number of carbonyl (C=O) groups excluding carboxylic acids is 3. The lowest BCUT2D eigenvalue weighted by Gasteiger charge is -2.08. The Labute approximate surface area is 130 Å². The van der Waals surface area contributed by atoms with Crippen molar-refractivity contribution in [2.75, 3.05) is 12.4 Å². The molecule has 0 radical (unpaired) electrons. The van der Waals surface area contributed by atoms with Crippen LogP contribution < -0.4 is 11.1 Å². The fraction of sp³-hybridized carbons (Fsp3) is 0.133. The van der Waals surface area contributed by atoms with Gasteiger partial charge in [-0.1, -0.05) is 0 Å². The first kappa shape index (κ1) is 15.7. The van der Waals surface area contributed by atoms with Gasteiger partial charge in [0.25, 0.3) is 5.91 Å². The van der Waals surface area contributed by atoms with Crippen LogP contribution in [0.15, 0.2) is 30.3 Å². The number of thiophene rings is 1. The molecule has 0 atom stereocenters. The van der Waals surface area contributed by atoms with Crippen LogP contribution in [0.3, 0.4) is 0 Å². The van der Waals surface area contributed by atoms with Crippen LogP contribution in [0.25, 0.3) is 0 Å². The number of carbonyl (C=O) groups is 3. The van der Waals surface area contributed by atoms with E-state index in [9.17, 15) is 14.4 Å². The number of methoxy groups -OCH3 is 1. The maximum absolute atomic E-state index is 12.2. The molecule has 0 aliphatic carbocycles. The molecule has 0 saturated carbocycles. The molecule has 114 valence electrons. The minimum absolute atomic E-state index is 0.338. The third-order valence-corrected chi connectivity index (χ3v) is 4.04. The highest BCUT2D eigenvalue weighted by molar-refractivity contribution is 7.16. The average Bonchev–Trinajstić information content (AvgIpc) is 2.98. The highest BCUT2D eigenvalue weighted by Crippen LogP contribution is 2.21. The van der Waals surface area contributed by atoms with Crippen LogP contribution in [-0.4, -0.2) is 24.9 Å². The Hall–Kier alpha value is -2.67. The number of amides is 2. The zero-order chi connectivity index (χ0) is 16.3. The number of primary amides is 1. The summed E-state index contributed by atoms with van der Waals surface area (Å²) in [6.07, 6.45) is 0. The van der Waals surface area contributed by atoms with E-state index in [1.54, 1.807) is 31.2 Å². The Balaban J connectivity index is 2.17. The minimum atomic E-state index is -0.526. The fourth-order valence-electron chi connectivity index (χ4n) is 1.81.